The molecule has 14 heteroatoms. The minimum Gasteiger partial charge on any atom is -0.394 e. The van der Waals surface area contributed by atoms with Crippen LogP contribution in [0.1, 0.15) is 65.2 Å². The largest absolute Gasteiger partial charge is 0.394 e. The molecule has 2 aliphatic heterocycles. The molecular weight excluding hydrogens is 572 g/mol. The highest BCUT2D eigenvalue weighted by atomic mass is 16.7. The van der Waals surface area contributed by atoms with Gasteiger partial charge < -0.3 is 69.3 Å². The first kappa shape index (κ1) is 38.6. The first-order valence-electron chi connectivity index (χ1n) is 15.6. The Hall–Kier alpha value is -0.560. The SMILES string of the molecule is CCCCCCOCC(COCCCCCC)(COC1OC(CO)C(O)C(O)C1O)COC1OC(CO)C(O)C(O)C1O. The number of unbranched alkanes of at least 4 members (excludes halogenated alkanes) is 6. The van der Waals surface area contributed by atoms with Gasteiger partial charge in [0.15, 0.2) is 12.6 Å². The summed E-state index contributed by atoms with van der Waals surface area (Å²) in [7, 11) is 0. The number of aliphatic hydroxyl groups is 8. The third kappa shape index (κ3) is 12.0. The van der Waals surface area contributed by atoms with Crippen molar-refractivity contribution in [1.29, 1.82) is 0 Å². The van der Waals surface area contributed by atoms with Gasteiger partial charge in [-0.05, 0) is 12.8 Å². The summed E-state index contributed by atoms with van der Waals surface area (Å²) in [6, 6.07) is 0. The van der Waals surface area contributed by atoms with E-state index in [1.807, 2.05) is 0 Å². The molecule has 2 aliphatic rings. The maximum atomic E-state index is 10.5. The molecule has 0 aliphatic carbocycles. The van der Waals surface area contributed by atoms with Gasteiger partial charge in [0.25, 0.3) is 0 Å². The Kier molecular flexibility index (Phi) is 18.4. The summed E-state index contributed by atoms with van der Waals surface area (Å²) in [5.74, 6) is 0. The number of ether oxygens (including phenoxy) is 6. The molecule has 0 aromatic heterocycles. The zero-order chi connectivity index (χ0) is 31.8. The lowest BCUT2D eigenvalue weighted by Gasteiger charge is -2.43. The van der Waals surface area contributed by atoms with Crippen molar-refractivity contribution in [2.24, 2.45) is 5.41 Å². The molecule has 0 amide bonds. The van der Waals surface area contributed by atoms with E-state index in [1.165, 1.54) is 0 Å². The summed E-state index contributed by atoms with van der Waals surface area (Å²) in [5, 5.41) is 80.9. The van der Waals surface area contributed by atoms with Gasteiger partial charge in [-0.25, -0.2) is 0 Å². The zero-order valence-electron chi connectivity index (χ0n) is 25.6. The van der Waals surface area contributed by atoms with E-state index in [0.717, 1.165) is 51.4 Å². The van der Waals surface area contributed by atoms with Crippen molar-refractivity contribution < 1.29 is 69.3 Å². The van der Waals surface area contributed by atoms with Crippen LogP contribution in [0.15, 0.2) is 0 Å². The third-order valence-electron chi connectivity index (χ3n) is 7.91. The van der Waals surface area contributed by atoms with Crippen LogP contribution in [-0.4, -0.2) is 155 Å². The maximum Gasteiger partial charge on any atom is 0.186 e. The minimum absolute atomic E-state index is 0.0585. The van der Waals surface area contributed by atoms with Gasteiger partial charge in [-0.3, -0.25) is 0 Å². The van der Waals surface area contributed by atoms with Gasteiger partial charge in [0.2, 0.25) is 0 Å². The molecule has 10 unspecified atom stereocenters. The van der Waals surface area contributed by atoms with Crippen molar-refractivity contribution >= 4 is 0 Å². The molecule has 0 saturated carbocycles. The molecule has 2 heterocycles. The summed E-state index contributed by atoms with van der Waals surface area (Å²) >= 11 is 0. The highest BCUT2D eigenvalue weighted by Crippen LogP contribution is 2.29. The molecule has 0 radical (unpaired) electrons. The molecule has 14 nitrogen and oxygen atoms in total. The molecule has 43 heavy (non-hydrogen) atoms. The van der Waals surface area contributed by atoms with Crippen LogP contribution >= 0.6 is 0 Å². The monoisotopic (exact) mass is 628 g/mol. The van der Waals surface area contributed by atoms with Crippen molar-refractivity contribution in [1.82, 2.24) is 0 Å². The Morgan fingerprint density at radius 2 is 0.907 bits per heavy atom. The molecule has 256 valence electrons. The van der Waals surface area contributed by atoms with E-state index in [1.54, 1.807) is 0 Å². The fourth-order valence-corrected chi connectivity index (χ4v) is 5.02. The Labute approximate surface area is 254 Å². The van der Waals surface area contributed by atoms with Crippen LogP contribution in [0.5, 0.6) is 0 Å². The van der Waals surface area contributed by atoms with E-state index in [-0.39, 0.29) is 26.4 Å². The molecule has 0 spiro atoms. The van der Waals surface area contributed by atoms with Crippen LogP contribution in [-0.2, 0) is 28.4 Å². The average Bonchev–Trinajstić information content (AvgIpc) is 3.01. The average molecular weight is 629 g/mol. The second kappa shape index (κ2) is 20.5. The van der Waals surface area contributed by atoms with Gasteiger partial charge in [-0.1, -0.05) is 52.4 Å². The molecule has 2 fully saturated rings. The van der Waals surface area contributed by atoms with Gasteiger partial charge in [0, 0.05) is 13.2 Å². The van der Waals surface area contributed by atoms with Gasteiger partial charge in [-0.2, -0.15) is 0 Å². The highest BCUT2D eigenvalue weighted by molar-refractivity contribution is 4.91. The van der Waals surface area contributed by atoms with Crippen molar-refractivity contribution in [2.75, 3.05) is 52.9 Å². The van der Waals surface area contributed by atoms with Crippen molar-refractivity contribution in [3.8, 4) is 0 Å². The van der Waals surface area contributed by atoms with E-state index in [2.05, 4.69) is 13.8 Å². The predicted molar refractivity (Wildman–Crippen MR) is 152 cm³/mol. The second-order valence-electron chi connectivity index (χ2n) is 11.7. The molecule has 0 bridgehead atoms. The van der Waals surface area contributed by atoms with E-state index in [9.17, 15) is 40.9 Å². The molecular formula is C29H56O14. The van der Waals surface area contributed by atoms with Crippen molar-refractivity contribution in [3.63, 3.8) is 0 Å². The molecule has 2 rings (SSSR count). The van der Waals surface area contributed by atoms with Crippen molar-refractivity contribution in [2.45, 2.75) is 127 Å². The van der Waals surface area contributed by atoms with Crippen molar-refractivity contribution in [3.05, 3.63) is 0 Å². The zero-order valence-corrected chi connectivity index (χ0v) is 25.6. The quantitative estimate of drug-likeness (QED) is 0.0661. The second-order valence-corrected chi connectivity index (χ2v) is 11.7. The summed E-state index contributed by atoms with van der Waals surface area (Å²) < 4.78 is 35.0. The minimum atomic E-state index is -1.62. The number of hydrogen-bond acceptors (Lipinski definition) is 14. The van der Waals surface area contributed by atoms with Crippen LogP contribution < -0.4 is 0 Å². The summed E-state index contributed by atoms with van der Waals surface area (Å²) in [5.41, 5.74) is -1.08. The fourth-order valence-electron chi connectivity index (χ4n) is 5.02. The molecule has 0 aromatic carbocycles. The summed E-state index contributed by atoms with van der Waals surface area (Å²) in [6.45, 7) is 3.60. The lowest BCUT2D eigenvalue weighted by molar-refractivity contribution is -0.322. The van der Waals surface area contributed by atoms with E-state index in [4.69, 9.17) is 28.4 Å². The van der Waals surface area contributed by atoms with Crippen LogP contribution in [0.2, 0.25) is 0 Å². The van der Waals surface area contributed by atoms with E-state index >= 15 is 0 Å². The topological polar surface area (TPSA) is 217 Å². The van der Waals surface area contributed by atoms with Gasteiger partial charge in [0.1, 0.15) is 48.8 Å². The molecule has 10 atom stereocenters. The van der Waals surface area contributed by atoms with E-state index < -0.39 is 80.0 Å². The van der Waals surface area contributed by atoms with Gasteiger partial charge in [0.05, 0.1) is 45.1 Å². The van der Waals surface area contributed by atoms with Gasteiger partial charge in [-0.15, -0.1) is 0 Å². The van der Waals surface area contributed by atoms with Crippen LogP contribution in [0.3, 0.4) is 0 Å². The number of aliphatic hydroxyl groups excluding tert-OH is 8. The lowest BCUT2D eigenvalue weighted by Crippen LogP contribution is -2.60. The molecule has 2 saturated heterocycles. The Morgan fingerprint density at radius 1 is 0.512 bits per heavy atom. The highest BCUT2D eigenvalue weighted by Gasteiger charge is 2.47. The van der Waals surface area contributed by atoms with Crippen LogP contribution in [0.4, 0.5) is 0 Å². The normalized spacial score (nSPS) is 33.6. The van der Waals surface area contributed by atoms with Crippen LogP contribution in [0, 0.1) is 5.41 Å². The Morgan fingerprint density at radius 3 is 1.26 bits per heavy atom. The lowest BCUT2D eigenvalue weighted by atomic mass is 9.91. The molecule has 8 N–H and O–H groups in total. The Balaban J connectivity index is 2.22. The predicted octanol–water partition coefficient (Wildman–Crippen LogP) is -1.20. The van der Waals surface area contributed by atoms with Crippen LogP contribution in [0.25, 0.3) is 0 Å². The Bertz CT molecular complexity index is 655. The number of hydrogen-bond donors (Lipinski definition) is 8. The summed E-state index contributed by atoms with van der Waals surface area (Å²) in [4.78, 5) is 0. The fraction of sp³-hybridized carbons (Fsp3) is 1.00. The standard InChI is InChI=1S/C29H56O14/c1-3-5-7-9-11-38-15-29(16-39-12-10-8-6-4-2,17-40-27-25(36)23(34)21(32)19(13-30)42-27)18-41-28-26(37)24(35)22(33)20(14-31)43-28/h19-28,30-37H,3-18H2,1-2H3. The van der Waals surface area contributed by atoms with Gasteiger partial charge >= 0.3 is 0 Å². The number of rotatable bonds is 22. The first-order chi connectivity index (χ1) is 20.6. The smallest absolute Gasteiger partial charge is 0.186 e. The van der Waals surface area contributed by atoms with E-state index in [0.29, 0.717) is 13.2 Å². The summed E-state index contributed by atoms with van der Waals surface area (Å²) in [6.07, 6.45) is -6.83. The first-order valence-corrected chi connectivity index (χ1v) is 15.6. The third-order valence-corrected chi connectivity index (χ3v) is 7.91. The maximum absolute atomic E-state index is 10.5. The molecule has 0 aromatic rings.